The molecule has 0 bridgehead atoms. The smallest absolute Gasteiger partial charge is 0.187 e. The van der Waals surface area contributed by atoms with E-state index in [1.54, 1.807) is 0 Å². The fraction of sp³-hybridized carbons (Fsp3) is 0.467. The van der Waals surface area contributed by atoms with Crippen LogP contribution in [0.1, 0.15) is 39.7 Å². The van der Waals surface area contributed by atoms with Gasteiger partial charge in [-0.05, 0) is 69.2 Å². The Morgan fingerprint density at radius 2 is 1.95 bits per heavy atom. The first-order valence-electron chi connectivity index (χ1n) is 6.87. The van der Waals surface area contributed by atoms with Crippen molar-refractivity contribution < 1.29 is 4.74 Å². The molecule has 0 aliphatic heterocycles. The molecule has 110 valence electrons. The summed E-state index contributed by atoms with van der Waals surface area (Å²) >= 11 is 5.12. The molecule has 5 heteroatoms. The number of nitrogens with zero attached hydrogens (tertiary/aromatic N) is 1. The van der Waals surface area contributed by atoms with Gasteiger partial charge in [-0.1, -0.05) is 6.92 Å². The molecule has 0 unspecified atom stereocenters. The van der Waals surface area contributed by atoms with Crippen LogP contribution in [0, 0.1) is 0 Å². The predicted molar refractivity (Wildman–Crippen MR) is 88.4 cm³/mol. The van der Waals surface area contributed by atoms with E-state index >= 15 is 0 Å². The van der Waals surface area contributed by atoms with Crippen LogP contribution >= 0.6 is 12.2 Å². The van der Waals surface area contributed by atoms with Crippen molar-refractivity contribution in [3.8, 4) is 5.75 Å². The molecule has 1 aromatic rings. The van der Waals surface area contributed by atoms with Gasteiger partial charge in [-0.15, -0.1) is 0 Å². The van der Waals surface area contributed by atoms with Crippen LogP contribution in [0.4, 0.5) is 0 Å². The molecule has 0 saturated heterocycles. The lowest BCUT2D eigenvalue weighted by Crippen LogP contribution is -2.37. The maximum atomic E-state index is 5.55. The highest BCUT2D eigenvalue weighted by Crippen LogP contribution is 2.13. The molecule has 0 aliphatic carbocycles. The molecule has 0 aliphatic rings. The normalized spacial score (nSPS) is 11.3. The summed E-state index contributed by atoms with van der Waals surface area (Å²) in [7, 11) is 0. The average molecular weight is 293 g/mol. The lowest BCUT2D eigenvalue weighted by atomic mass is 10.1. The maximum Gasteiger partial charge on any atom is 0.187 e. The van der Waals surface area contributed by atoms with Gasteiger partial charge in [0.25, 0.3) is 0 Å². The van der Waals surface area contributed by atoms with Crippen LogP contribution in [0.2, 0.25) is 0 Å². The second-order valence-electron chi connectivity index (χ2n) is 4.81. The summed E-state index contributed by atoms with van der Waals surface area (Å²) in [5.41, 5.74) is 4.75. The van der Waals surface area contributed by atoms with Crippen molar-refractivity contribution >= 4 is 23.0 Å². The van der Waals surface area contributed by atoms with Crippen molar-refractivity contribution in [2.75, 3.05) is 6.61 Å². The summed E-state index contributed by atoms with van der Waals surface area (Å²) in [6.07, 6.45) is 1.01. The first-order chi connectivity index (χ1) is 9.52. The third-order valence-electron chi connectivity index (χ3n) is 2.49. The summed E-state index contributed by atoms with van der Waals surface area (Å²) in [5, 5.41) is 7.87. The van der Waals surface area contributed by atoms with Gasteiger partial charge in [0.1, 0.15) is 5.75 Å². The molecule has 0 fully saturated rings. The van der Waals surface area contributed by atoms with Crippen molar-refractivity contribution in [2.24, 2.45) is 5.10 Å². The maximum absolute atomic E-state index is 5.55. The SMILES string of the molecule is CCCOc1ccc(/C(C)=N\NC(=S)NC(C)C)cc1. The van der Waals surface area contributed by atoms with Crippen LogP contribution in [0.3, 0.4) is 0 Å². The van der Waals surface area contributed by atoms with Gasteiger partial charge in [0.05, 0.1) is 12.3 Å². The first kappa shape index (κ1) is 16.4. The summed E-state index contributed by atoms with van der Waals surface area (Å²) in [6, 6.07) is 8.18. The molecule has 4 nitrogen and oxygen atoms in total. The van der Waals surface area contributed by atoms with Gasteiger partial charge >= 0.3 is 0 Å². The average Bonchev–Trinajstić information content (AvgIpc) is 2.42. The summed E-state index contributed by atoms with van der Waals surface area (Å²) in [5.74, 6) is 0.883. The van der Waals surface area contributed by atoms with Crippen molar-refractivity contribution in [2.45, 2.75) is 40.2 Å². The third-order valence-corrected chi connectivity index (χ3v) is 2.70. The number of rotatable bonds is 6. The van der Waals surface area contributed by atoms with Crippen molar-refractivity contribution in [1.29, 1.82) is 0 Å². The Labute approximate surface area is 126 Å². The van der Waals surface area contributed by atoms with Crippen LogP contribution < -0.4 is 15.5 Å². The van der Waals surface area contributed by atoms with Gasteiger partial charge in [-0.2, -0.15) is 5.10 Å². The van der Waals surface area contributed by atoms with Crippen LogP contribution in [0.15, 0.2) is 29.4 Å². The topological polar surface area (TPSA) is 45.6 Å². The summed E-state index contributed by atoms with van der Waals surface area (Å²) in [4.78, 5) is 0. The Morgan fingerprint density at radius 1 is 1.30 bits per heavy atom. The molecule has 1 rings (SSSR count). The lowest BCUT2D eigenvalue weighted by Gasteiger charge is -2.10. The van der Waals surface area contributed by atoms with Crippen LogP contribution in [-0.4, -0.2) is 23.5 Å². The van der Waals surface area contributed by atoms with Gasteiger partial charge < -0.3 is 10.1 Å². The zero-order valence-corrected chi connectivity index (χ0v) is 13.4. The Hall–Kier alpha value is -1.62. The van der Waals surface area contributed by atoms with E-state index in [2.05, 4.69) is 22.8 Å². The Balaban J connectivity index is 2.58. The van der Waals surface area contributed by atoms with E-state index < -0.39 is 0 Å². The minimum absolute atomic E-state index is 0.292. The number of nitrogens with one attached hydrogen (secondary N) is 2. The molecule has 0 aromatic heterocycles. The largest absolute Gasteiger partial charge is 0.494 e. The number of thiocarbonyl (C=S) groups is 1. The number of hydrogen-bond acceptors (Lipinski definition) is 3. The van der Waals surface area contributed by atoms with Crippen molar-refractivity contribution in [1.82, 2.24) is 10.7 Å². The monoisotopic (exact) mass is 293 g/mol. The molecule has 0 amide bonds. The highest BCUT2D eigenvalue weighted by Gasteiger charge is 2.00. The van der Waals surface area contributed by atoms with E-state index in [4.69, 9.17) is 17.0 Å². The number of hydrogen-bond donors (Lipinski definition) is 2. The van der Waals surface area contributed by atoms with E-state index in [-0.39, 0.29) is 0 Å². The van der Waals surface area contributed by atoms with E-state index in [0.717, 1.165) is 30.1 Å². The van der Waals surface area contributed by atoms with Gasteiger partial charge in [-0.25, -0.2) is 0 Å². The predicted octanol–water partition coefficient (Wildman–Crippen LogP) is 3.07. The molecular formula is C15H23N3OS. The fourth-order valence-electron chi connectivity index (χ4n) is 1.51. The molecule has 20 heavy (non-hydrogen) atoms. The highest BCUT2D eigenvalue weighted by atomic mass is 32.1. The highest BCUT2D eigenvalue weighted by molar-refractivity contribution is 7.80. The minimum atomic E-state index is 0.292. The Morgan fingerprint density at radius 3 is 2.50 bits per heavy atom. The van der Waals surface area contributed by atoms with Gasteiger partial charge in [0.2, 0.25) is 0 Å². The van der Waals surface area contributed by atoms with Crippen LogP contribution in [0.5, 0.6) is 5.75 Å². The van der Waals surface area contributed by atoms with E-state index in [0.29, 0.717) is 11.2 Å². The quantitative estimate of drug-likeness (QED) is 0.481. The van der Waals surface area contributed by atoms with E-state index in [1.807, 2.05) is 45.0 Å². The molecule has 1 aromatic carbocycles. The minimum Gasteiger partial charge on any atom is -0.494 e. The molecule has 0 spiro atoms. The Bertz CT molecular complexity index is 455. The second-order valence-corrected chi connectivity index (χ2v) is 5.22. The van der Waals surface area contributed by atoms with Crippen LogP contribution in [-0.2, 0) is 0 Å². The van der Waals surface area contributed by atoms with Gasteiger partial charge in [0.15, 0.2) is 5.11 Å². The molecule has 0 atom stereocenters. The van der Waals surface area contributed by atoms with Crippen molar-refractivity contribution in [3.05, 3.63) is 29.8 Å². The lowest BCUT2D eigenvalue weighted by molar-refractivity contribution is 0.317. The standard InChI is InChI=1S/C15H23N3OS/c1-5-10-19-14-8-6-13(7-9-14)12(4)17-18-15(20)16-11(2)3/h6-9,11H,5,10H2,1-4H3,(H2,16,18,20)/b17-12-. The third kappa shape index (κ3) is 6.02. The zero-order chi connectivity index (χ0) is 15.0. The molecule has 0 heterocycles. The summed E-state index contributed by atoms with van der Waals surface area (Å²) in [6.45, 7) is 8.82. The molecule has 0 saturated carbocycles. The van der Waals surface area contributed by atoms with Gasteiger partial charge in [-0.3, -0.25) is 5.43 Å². The molecule has 2 N–H and O–H groups in total. The second kappa shape index (κ2) is 8.53. The molecular weight excluding hydrogens is 270 g/mol. The number of benzene rings is 1. The zero-order valence-electron chi connectivity index (χ0n) is 12.6. The van der Waals surface area contributed by atoms with Crippen LogP contribution in [0.25, 0.3) is 0 Å². The van der Waals surface area contributed by atoms with E-state index in [1.165, 1.54) is 0 Å². The fourth-order valence-corrected chi connectivity index (χ4v) is 1.79. The van der Waals surface area contributed by atoms with Gasteiger partial charge in [0, 0.05) is 6.04 Å². The first-order valence-corrected chi connectivity index (χ1v) is 7.27. The summed E-state index contributed by atoms with van der Waals surface area (Å²) < 4.78 is 5.55. The molecule has 0 radical (unpaired) electrons. The Kier molecular flexibility index (Phi) is 7.01. The number of hydrazone groups is 1. The van der Waals surface area contributed by atoms with E-state index in [9.17, 15) is 0 Å². The van der Waals surface area contributed by atoms with Crippen molar-refractivity contribution in [3.63, 3.8) is 0 Å². The number of ether oxygens (including phenoxy) is 1.